The van der Waals surface area contributed by atoms with Crippen LogP contribution in [0.5, 0.6) is 0 Å². The van der Waals surface area contributed by atoms with E-state index in [0.717, 1.165) is 0 Å². The van der Waals surface area contributed by atoms with E-state index in [9.17, 15) is 0 Å². The highest BCUT2D eigenvalue weighted by Gasteiger charge is 1.96. The molecule has 1 atom stereocenters. The summed E-state index contributed by atoms with van der Waals surface area (Å²) in [6.07, 6.45) is 1.07. The van der Waals surface area contributed by atoms with Crippen molar-refractivity contribution >= 4 is 0 Å². The Labute approximate surface area is 52.3 Å². The summed E-state index contributed by atoms with van der Waals surface area (Å²) in [5.41, 5.74) is 0. The number of hydrogen-bond donors (Lipinski definition) is 1. The molecule has 50 valence electrons. The van der Waals surface area contributed by atoms with E-state index in [4.69, 9.17) is 5.11 Å². The number of nitrogens with zero attached hydrogens (tertiary/aromatic N) is 4. The average Bonchev–Trinajstić information content (AvgIpc) is 2.15. The number of aliphatic hydroxyl groups excluding tert-OH is 1. The first-order valence-electron chi connectivity index (χ1n) is 2.68. The Balaban J connectivity index is 2.48. The maximum Gasteiger partial charge on any atom is 0.138 e. The van der Waals surface area contributed by atoms with Crippen molar-refractivity contribution in [2.45, 2.75) is 19.6 Å². The third-order valence-electron chi connectivity index (χ3n) is 0.843. The van der Waals surface area contributed by atoms with Gasteiger partial charge in [0.05, 0.1) is 12.6 Å². The molecule has 9 heavy (non-hydrogen) atoms. The second-order valence-corrected chi connectivity index (χ2v) is 1.88. The third kappa shape index (κ3) is 1.77. The SMILES string of the molecule is CC(O)Cn1cnnn1. The van der Waals surface area contributed by atoms with Gasteiger partial charge >= 0.3 is 0 Å². The number of rotatable bonds is 2. The van der Waals surface area contributed by atoms with Crippen molar-refractivity contribution in [3.63, 3.8) is 0 Å². The van der Waals surface area contributed by atoms with Gasteiger partial charge in [-0.1, -0.05) is 0 Å². The van der Waals surface area contributed by atoms with Crippen LogP contribution >= 0.6 is 0 Å². The highest BCUT2D eigenvalue weighted by molar-refractivity contribution is 4.50. The third-order valence-corrected chi connectivity index (χ3v) is 0.843. The predicted octanol–water partition coefficient (Wildman–Crippen LogP) is -0.946. The highest BCUT2D eigenvalue weighted by atomic mass is 16.3. The number of hydrogen-bond acceptors (Lipinski definition) is 4. The molecule has 1 aromatic heterocycles. The van der Waals surface area contributed by atoms with E-state index in [1.54, 1.807) is 6.92 Å². The molecule has 0 bridgehead atoms. The second-order valence-electron chi connectivity index (χ2n) is 1.88. The maximum absolute atomic E-state index is 8.81. The van der Waals surface area contributed by atoms with E-state index in [2.05, 4.69) is 15.5 Å². The predicted molar refractivity (Wildman–Crippen MR) is 29.5 cm³/mol. The van der Waals surface area contributed by atoms with E-state index in [0.29, 0.717) is 6.54 Å². The maximum atomic E-state index is 8.81. The molecule has 0 saturated carbocycles. The van der Waals surface area contributed by atoms with E-state index in [1.165, 1.54) is 11.0 Å². The van der Waals surface area contributed by atoms with Crippen molar-refractivity contribution in [3.8, 4) is 0 Å². The summed E-state index contributed by atoms with van der Waals surface area (Å²) in [4.78, 5) is 0. The van der Waals surface area contributed by atoms with Gasteiger partial charge in [0.15, 0.2) is 0 Å². The molecule has 0 fully saturated rings. The molecule has 1 aromatic rings. The van der Waals surface area contributed by atoms with Crippen molar-refractivity contribution in [3.05, 3.63) is 6.33 Å². The summed E-state index contributed by atoms with van der Waals surface area (Å²) in [5.74, 6) is 0. The summed E-state index contributed by atoms with van der Waals surface area (Å²) in [7, 11) is 0. The fourth-order valence-corrected chi connectivity index (χ4v) is 0.535. The van der Waals surface area contributed by atoms with Gasteiger partial charge in [-0.05, 0) is 17.4 Å². The van der Waals surface area contributed by atoms with Gasteiger partial charge in [0, 0.05) is 0 Å². The zero-order valence-corrected chi connectivity index (χ0v) is 5.10. The first kappa shape index (κ1) is 6.15. The Kier molecular flexibility index (Phi) is 1.74. The molecule has 5 heteroatoms. The Morgan fingerprint density at radius 1 is 1.78 bits per heavy atom. The smallest absolute Gasteiger partial charge is 0.138 e. The molecule has 1 N–H and O–H groups in total. The van der Waals surface area contributed by atoms with Crippen molar-refractivity contribution < 1.29 is 5.11 Å². The molecule has 1 rings (SSSR count). The minimum Gasteiger partial charge on any atom is -0.391 e. The van der Waals surface area contributed by atoms with Crippen molar-refractivity contribution in [1.29, 1.82) is 0 Å². The minimum absolute atomic E-state index is 0.395. The van der Waals surface area contributed by atoms with Crippen LogP contribution in [0.15, 0.2) is 6.33 Å². The molecule has 0 aliphatic rings. The Hall–Kier alpha value is -0.970. The van der Waals surface area contributed by atoms with Crippen LogP contribution in [0.25, 0.3) is 0 Å². The summed E-state index contributed by atoms with van der Waals surface area (Å²) in [6, 6.07) is 0. The van der Waals surface area contributed by atoms with Gasteiger partial charge in [-0.25, -0.2) is 4.68 Å². The molecule has 0 saturated heterocycles. The van der Waals surface area contributed by atoms with E-state index >= 15 is 0 Å². The second kappa shape index (κ2) is 2.54. The van der Waals surface area contributed by atoms with E-state index < -0.39 is 6.10 Å². The van der Waals surface area contributed by atoms with Crippen LogP contribution in [-0.2, 0) is 6.54 Å². The fourth-order valence-electron chi connectivity index (χ4n) is 0.535. The Bertz CT molecular complexity index is 159. The van der Waals surface area contributed by atoms with Crippen molar-refractivity contribution in [2.75, 3.05) is 0 Å². The number of aliphatic hydroxyl groups is 1. The van der Waals surface area contributed by atoms with Crippen LogP contribution in [0, 0.1) is 0 Å². The van der Waals surface area contributed by atoms with Crippen LogP contribution in [0.4, 0.5) is 0 Å². The average molecular weight is 128 g/mol. The van der Waals surface area contributed by atoms with Crippen LogP contribution in [0.2, 0.25) is 0 Å². The lowest BCUT2D eigenvalue weighted by molar-refractivity contribution is 0.167. The van der Waals surface area contributed by atoms with Gasteiger partial charge in [0.1, 0.15) is 6.33 Å². The molecular formula is C4H8N4O. The lowest BCUT2D eigenvalue weighted by Gasteiger charge is -1.99. The molecule has 0 spiro atoms. The number of aromatic nitrogens is 4. The summed E-state index contributed by atoms with van der Waals surface area (Å²) < 4.78 is 1.48. The Morgan fingerprint density at radius 3 is 3.00 bits per heavy atom. The molecule has 0 aliphatic carbocycles. The molecule has 0 amide bonds. The molecular weight excluding hydrogens is 120 g/mol. The van der Waals surface area contributed by atoms with Crippen LogP contribution in [0.3, 0.4) is 0 Å². The number of tetrazole rings is 1. The molecule has 0 aliphatic heterocycles. The molecule has 0 aromatic carbocycles. The van der Waals surface area contributed by atoms with Gasteiger partial charge in [-0.15, -0.1) is 5.10 Å². The van der Waals surface area contributed by atoms with Gasteiger partial charge in [0.2, 0.25) is 0 Å². The summed E-state index contributed by atoms with van der Waals surface area (Å²) in [6.45, 7) is 2.13. The van der Waals surface area contributed by atoms with Crippen LogP contribution in [0.1, 0.15) is 6.92 Å². The molecule has 1 unspecified atom stereocenters. The Morgan fingerprint density at radius 2 is 2.56 bits per heavy atom. The lowest BCUT2D eigenvalue weighted by Crippen LogP contribution is -2.11. The normalized spacial score (nSPS) is 13.6. The van der Waals surface area contributed by atoms with Crippen LogP contribution in [-0.4, -0.2) is 31.4 Å². The topological polar surface area (TPSA) is 63.8 Å². The van der Waals surface area contributed by atoms with Gasteiger partial charge in [0.25, 0.3) is 0 Å². The zero-order chi connectivity index (χ0) is 6.69. The van der Waals surface area contributed by atoms with Gasteiger partial charge in [-0.3, -0.25) is 0 Å². The molecule has 0 radical (unpaired) electrons. The van der Waals surface area contributed by atoms with E-state index in [-0.39, 0.29) is 0 Å². The van der Waals surface area contributed by atoms with Crippen molar-refractivity contribution in [1.82, 2.24) is 20.2 Å². The zero-order valence-electron chi connectivity index (χ0n) is 5.10. The summed E-state index contributed by atoms with van der Waals surface area (Å²) in [5, 5.41) is 19.2. The fraction of sp³-hybridized carbons (Fsp3) is 0.750. The summed E-state index contributed by atoms with van der Waals surface area (Å²) >= 11 is 0. The van der Waals surface area contributed by atoms with E-state index in [1.807, 2.05) is 0 Å². The minimum atomic E-state index is -0.395. The van der Waals surface area contributed by atoms with Crippen molar-refractivity contribution in [2.24, 2.45) is 0 Å². The quantitative estimate of drug-likeness (QED) is 0.558. The molecule has 1 heterocycles. The molecule has 5 nitrogen and oxygen atoms in total. The largest absolute Gasteiger partial charge is 0.391 e. The lowest BCUT2D eigenvalue weighted by atomic mass is 10.4. The highest BCUT2D eigenvalue weighted by Crippen LogP contribution is 1.83. The van der Waals surface area contributed by atoms with Crippen LogP contribution < -0.4 is 0 Å². The van der Waals surface area contributed by atoms with Gasteiger partial charge < -0.3 is 5.11 Å². The first-order chi connectivity index (χ1) is 4.29. The van der Waals surface area contributed by atoms with Gasteiger partial charge in [-0.2, -0.15) is 0 Å². The standard InChI is InChI=1S/C4H8N4O/c1-4(9)2-8-3-5-6-7-8/h3-4,9H,2H2,1H3. The monoisotopic (exact) mass is 128 g/mol. The first-order valence-corrected chi connectivity index (χ1v) is 2.68.